The van der Waals surface area contributed by atoms with Crippen LogP contribution in [0, 0.1) is 0 Å². The van der Waals surface area contributed by atoms with E-state index in [9.17, 15) is 4.79 Å². The molecule has 1 aromatic rings. The maximum absolute atomic E-state index is 11.1. The molecule has 4 heteroatoms. The fourth-order valence-corrected chi connectivity index (χ4v) is 1.19. The second kappa shape index (κ2) is 2.62. The van der Waals surface area contributed by atoms with Gasteiger partial charge in [-0.1, -0.05) is 0 Å². The summed E-state index contributed by atoms with van der Waals surface area (Å²) in [6.07, 6.45) is 3.86. The van der Waals surface area contributed by atoms with Crippen LogP contribution in [-0.2, 0) is 4.74 Å². The molecule has 2 rings (SSSR count). The minimum atomic E-state index is -0.306. The molecule has 0 atom stereocenters. The van der Waals surface area contributed by atoms with Crippen LogP contribution in [-0.4, -0.2) is 22.9 Å². The van der Waals surface area contributed by atoms with Gasteiger partial charge in [0.05, 0.1) is 13.2 Å². The Balaban J connectivity index is 2.29. The molecule has 0 unspecified atom stereocenters. The van der Waals surface area contributed by atoms with Gasteiger partial charge in [0.1, 0.15) is 5.69 Å². The van der Waals surface area contributed by atoms with E-state index in [0.29, 0.717) is 11.7 Å². The monoisotopic (exact) mass is 166 g/mol. The Labute approximate surface area is 70.1 Å². The maximum Gasteiger partial charge on any atom is 0.356 e. The van der Waals surface area contributed by atoms with Gasteiger partial charge in [-0.05, 0) is 18.9 Å². The van der Waals surface area contributed by atoms with Crippen molar-refractivity contribution in [1.82, 2.24) is 9.78 Å². The second-order valence-corrected chi connectivity index (χ2v) is 2.88. The van der Waals surface area contributed by atoms with Gasteiger partial charge in [0.15, 0.2) is 0 Å². The summed E-state index contributed by atoms with van der Waals surface area (Å²) in [5, 5.41) is 4.06. The van der Waals surface area contributed by atoms with Gasteiger partial charge in [-0.3, -0.25) is 4.68 Å². The highest BCUT2D eigenvalue weighted by atomic mass is 16.5. The SMILES string of the molecule is COC(=O)c1ccnn1C1CC1. The predicted molar refractivity (Wildman–Crippen MR) is 41.8 cm³/mol. The number of hydrogen-bond donors (Lipinski definition) is 0. The molecule has 0 aromatic carbocycles. The summed E-state index contributed by atoms with van der Waals surface area (Å²) in [5.74, 6) is -0.306. The number of carbonyl (C=O) groups is 1. The fourth-order valence-electron chi connectivity index (χ4n) is 1.19. The molecule has 1 fully saturated rings. The molecule has 0 amide bonds. The molecule has 1 aromatic heterocycles. The highest BCUT2D eigenvalue weighted by molar-refractivity contribution is 5.87. The topological polar surface area (TPSA) is 44.1 Å². The van der Waals surface area contributed by atoms with Gasteiger partial charge in [-0.25, -0.2) is 4.79 Å². The Morgan fingerprint density at radius 1 is 1.75 bits per heavy atom. The van der Waals surface area contributed by atoms with Crippen molar-refractivity contribution in [2.75, 3.05) is 7.11 Å². The first-order valence-electron chi connectivity index (χ1n) is 3.95. The quantitative estimate of drug-likeness (QED) is 0.616. The summed E-state index contributed by atoms with van der Waals surface area (Å²) >= 11 is 0. The Bertz CT molecular complexity index is 302. The minimum Gasteiger partial charge on any atom is -0.464 e. The van der Waals surface area contributed by atoms with Crippen molar-refractivity contribution in [1.29, 1.82) is 0 Å². The van der Waals surface area contributed by atoms with E-state index in [1.165, 1.54) is 7.11 Å². The summed E-state index contributed by atoms with van der Waals surface area (Å²) in [5.41, 5.74) is 0.556. The van der Waals surface area contributed by atoms with E-state index in [4.69, 9.17) is 0 Å². The highest BCUT2D eigenvalue weighted by Crippen LogP contribution is 2.35. The van der Waals surface area contributed by atoms with Gasteiger partial charge in [-0.2, -0.15) is 5.10 Å². The van der Waals surface area contributed by atoms with Crippen LogP contribution in [0.3, 0.4) is 0 Å². The first-order chi connectivity index (χ1) is 5.83. The molecule has 1 heterocycles. The van der Waals surface area contributed by atoms with E-state index < -0.39 is 0 Å². The predicted octanol–water partition coefficient (Wildman–Crippen LogP) is 1.00. The van der Waals surface area contributed by atoms with E-state index in [2.05, 4.69) is 9.84 Å². The summed E-state index contributed by atoms with van der Waals surface area (Å²) < 4.78 is 6.36. The molecule has 1 aliphatic rings. The average molecular weight is 166 g/mol. The largest absolute Gasteiger partial charge is 0.464 e. The fraction of sp³-hybridized carbons (Fsp3) is 0.500. The Morgan fingerprint density at radius 3 is 3.08 bits per heavy atom. The molecule has 0 spiro atoms. The number of methoxy groups -OCH3 is 1. The molecular formula is C8H10N2O2. The third kappa shape index (κ3) is 1.09. The average Bonchev–Trinajstić information content (AvgIpc) is 2.83. The molecule has 4 nitrogen and oxygen atoms in total. The molecule has 12 heavy (non-hydrogen) atoms. The van der Waals surface area contributed by atoms with Crippen molar-refractivity contribution in [2.24, 2.45) is 0 Å². The minimum absolute atomic E-state index is 0.306. The van der Waals surface area contributed by atoms with Crippen molar-refractivity contribution in [3.05, 3.63) is 18.0 Å². The van der Waals surface area contributed by atoms with E-state index in [-0.39, 0.29) is 5.97 Å². The van der Waals surface area contributed by atoms with Gasteiger partial charge in [0, 0.05) is 6.20 Å². The Morgan fingerprint density at radius 2 is 2.50 bits per heavy atom. The van der Waals surface area contributed by atoms with Gasteiger partial charge < -0.3 is 4.74 Å². The van der Waals surface area contributed by atoms with Crippen LogP contribution in [0.2, 0.25) is 0 Å². The molecule has 1 aliphatic carbocycles. The van der Waals surface area contributed by atoms with Crippen LogP contribution in [0.15, 0.2) is 12.3 Å². The van der Waals surface area contributed by atoms with Crippen molar-refractivity contribution >= 4 is 5.97 Å². The summed E-state index contributed by atoms with van der Waals surface area (Å²) in [4.78, 5) is 11.1. The van der Waals surface area contributed by atoms with Crippen LogP contribution in [0.4, 0.5) is 0 Å². The summed E-state index contributed by atoms with van der Waals surface area (Å²) in [7, 11) is 1.38. The lowest BCUT2D eigenvalue weighted by atomic mass is 10.4. The van der Waals surface area contributed by atoms with Crippen molar-refractivity contribution in [3.8, 4) is 0 Å². The maximum atomic E-state index is 11.1. The molecule has 0 bridgehead atoms. The van der Waals surface area contributed by atoms with Gasteiger partial charge in [-0.15, -0.1) is 0 Å². The number of nitrogens with zero attached hydrogens (tertiary/aromatic N) is 2. The van der Waals surface area contributed by atoms with Crippen molar-refractivity contribution < 1.29 is 9.53 Å². The lowest BCUT2D eigenvalue weighted by Gasteiger charge is -2.02. The molecule has 1 saturated carbocycles. The van der Waals surface area contributed by atoms with Crippen molar-refractivity contribution in [3.63, 3.8) is 0 Å². The van der Waals surface area contributed by atoms with Crippen LogP contribution in [0.1, 0.15) is 29.4 Å². The van der Waals surface area contributed by atoms with Crippen LogP contribution in [0.5, 0.6) is 0 Å². The van der Waals surface area contributed by atoms with Crippen LogP contribution < -0.4 is 0 Å². The zero-order chi connectivity index (χ0) is 8.55. The zero-order valence-corrected chi connectivity index (χ0v) is 6.86. The molecule has 0 saturated heterocycles. The summed E-state index contributed by atoms with van der Waals surface area (Å²) in [6.45, 7) is 0. The highest BCUT2D eigenvalue weighted by Gasteiger charge is 2.28. The second-order valence-electron chi connectivity index (χ2n) is 2.88. The van der Waals surface area contributed by atoms with Gasteiger partial charge in [0.25, 0.3) is 0 Å². The standard InChI is InChI=1S/C8H10N2O2/c1-12-8(11)7-4-5-9-10(7)6-2-3-6/h4-6H,2-3H2,1H3. The lowest BCUT2D eigenvalue weighted by Crippen LogP contribution is -2.10. The van der Waals surface area contributed by atoms with E-state index in [1.807, 2.05) is 0 Å². The van der Waals surface area contributed by atoms with Crippen LogP contribution in [0.25, 0.3) is 0 Å². The van der Waals surface area contributed by atoms with Crippen LogP contribution >= 0.6 is 0 Å². The zero-order valence-electron chi connectivity index (χ0n) is 6.86. The van der Waals surface area contributed by atoms with Gasteiger partial charge >= 0.3 is 5.97 Å². The number of rotatable bonds is 2. The summed E-state index contributed by atoms with van der Waals surface area (Å²) in [6, 6.07) is 2.11. The number of carbonyl (C=O) groups excluding carboxylic acids is 1. The lowest BCUT2D eigenvalue weighted by molar-refractivity contribution is 0.0586. The molecule has 64 valence electrons. The third-order valence-electron chi connectivity index (χ3n) is 1.96. The number of hydrogen-bond acceptors (Lipinski definition) is 3. The van der Waals surface area contributed by atoms with E-state index >= 15 is 0 Å². The van der Waals surface area contributed by atoms with E-state index in [1.54, 1.807) is 16.9 Å². The number of ether oxygens (including phenoxy) is 1. The normalized spacial score (nSPS) is 16.1. The first-order valence-corrected chi connectivity index (χ1v) is 3.95. The smallest absolute Gasteiger partial charge is 0.356 e. The van der Waals surface area contributed by atoms with Gasteiger partial charge in [0.2, 0.25) is 0 Å². The molecule has 0 radical (unpaired) electrons. The van der Waals surface area contributed by atoms with Crippen molar-refractivity contribution in [2.45, 2.75) is 18.9 Å². The Hall–Kier alpha value is -1.32. The first kappa shape index (κ1) is 7.34. The third-order valence-corrected chi connectivity index (χ3v) is 1.96. The number of esters is 1. The molecular weight excluding hydrogens is 156 g/mol. The molecule has 0 N–H and O–H groups in total. The Kier molecular flexibility index (Phi) is 1.60. The molecule has 0 aliphatic heterocycles. The van der Waals surface area contributed by atoms with E-state index in [0.717, 1.165) is 12.8 Å². The number of aromatic nitrogens is 2.